The third-order valence-electron chi connectivity index (χ3n) is 5.80. The van der Waals surface area contributed by atoms with E-state index in [-0.39, 0.29) is 0 Å². The van der Waals surface area contributed by atoms with Crippen LogP contribution < -0.4 is 5.73 Å². The van der Waals surface area contributed by atoms with E-state index in [4.69, 9.17) is 5.73 Å². The Bertz CT molecular complexity index is 206. The highest BCUT2D eigenvalue weighted by atomic mass is 14.5. The first-order valence-electron chi connectivity index (χ1n) is 11.1. The first kappa shape index (κ1) is 21.0. The first-order chi connectivity index (χ1) is 11.4. The summed E-state index contributed by atoms with van der Waals surface area (Å²) in [6.45, 7) is 0.894. The predicted molar refractivity (Wildman–Crippen MR) is 105 cm³/mol. The average Bonchev–Trinajstić information content (AvgIpc) is 2.55. The van der Waals surface area contributed by atoms with Crippen molar-refractivity contribution in [3.63, 3.8) is 0 Å². The average molecular weight is 324 g/mol. The molecular weight excluding hydrogens is 278 g/mol. The Kier molecular flexibility index (Phi) is 15.3. The van der Waals surface area contributed by atoms with Crippen molar-refractivity contribution in [2.75, 3.05) is 6.54 Å². The summed E-state index contributed by atoms with van der Waals surface area (Å²) in [5, 5.41) is 0. The van der Waals surface area contributed by atoms with E-state index >= 15 is 0 Å². The number of hydrogen-bond acceptors (Lipinski definition) is 1. The lowest BCUT2D eigenvalue weighted by molar-refractivity contribution is 0.383. The normalized spacial score (nSPS) is 23.3. The van der Waals surface area contributed by atoms with Crippen LogP contribution in [-0.4, -0.2) is 6.54 Å². The van der Waals surface area contributed by atoms with E-state index in [0.717, 1.165) is 12.5 Å². The van der Waals surface area contributed by atoms with Gasteiger partial charge >= 0.3 is 0 Å². The Labute approximate surface area is 147 Å². The molecule has 0 unspecified atom stereocenters. The minimum atomic E-state index is 0.894. The van der Waals surface area contributed by atoms with Gasteiger partial charge in [0.1, 0.15) is 0 Å². The Morgan fingerprint density at radius 1 is 0.435 bits per heavy atom. The fourth-order valence-electron chi connectivity index (χ4n) is 4.19. The van der Waals surface area contributed by atoms with Crippen molar-refractivity contribution in [1.82, 2.24) is 0 Å². The largest absolute Gasteiger partial charge is 0.330 e. The highest BCUT2D eigenvalue weighted by molar-refractivity contribution is 4.62. The maximum absolute atomic E-state index is 5.82. The summed E-state index contributed by atoms with van der Waals surface area (Å²) in [6, 6.07) is 0. The van der Waals surface area contributed by atoms with E-state index in [1.54, 1.807) is 0 Å². The van der Waals surface area contributed by atoms with Crippen LogP contribution in [0.25, 0.3) is 0 Å². The van der Waals surface area contributed by atoms with Crippen molar-refractivity contribution < 1.29 is 0 Å². The molecule has 0 aromatic heterocycles. The van der Waals surface area contributed by atoms with Gasteiger partial charge in [0.05, 0.1) is 0 Å². The quantitative estimate of drug-likeness (QED) is 0.563. The van der Waals surface area contributed by atoms with Crippen molar-refractivity contribution in [2.45, 2.75) is 128 Å². The van der Waals surface area contributed by atoms with Crippen LogP contribution in [0.5, 0.6) is 0 Å². The second-order valence-electron chi connectivity index (χ2n) is 8.03. The van der Waals surface area contributed by atoms with Gasteiger partial charge in [0, 0.05) is 0 Å². The summed E-state index contributed by atoms with van der Waals surface area (Å²) >= 11 is 0. The van der Waals surface area contributed by atoms with Gasteiger partial charge in [-0.1, -0.05) is 122 Å². The zero-order valence-electron chi connectivity index (χ0n) is 16.0. The van der Waals surface area contributed by atoms with Gasteiger partial charge in [-0.3, -0.25) is 0 Å². The minimum absolute atomic E-state index is 0.894. The van der Waals surface area contributed by atoms with Crippen molar-refractivity contribution in [2.24, 2.45) is 11.7 Å². The van der Waals surface area contributed by atoms with Gasteiger partial charge in [-0.2, -0.15) is 0 Å². The van der Waals surface area contributed by atoms with Gasteiger partial charge in [-0.15, -0.1) is 0 Å². The lowest BCUT2D eigenvalue weighted by Crippen LogP contribution is -2.09. The monoisotopic (exact) mass is 323 g/mol. The van der Waals surface area contributed by atoms with E-state index in [9.17, 15) is 0 Å². The van der Waals surface area contributed by atoms with Gasteiger partial charge < -0.3 is 5.73 Å². The molecule has 23 heavy (non-hydrogen) atoms. The first-order valence-corrected chi connectivity index (χ1v) is 11.1. The predicted octanol–water partition coefficient (Wildman–Crippen LogP) is 7.38. The Morgan fingerprint density at radius 2 is 0.696 bits per heavy atom. The molecule has 0 amide bonds. The highest BCUT2D eigenvalue weighted by Gasteiger charge is 2.07. The van der Waals surface area contributed by atoms with E-state index in [2.05, 4.69) is 0 Å². The fraction of sp³-hybridized carbons (Fsp3) is 1.00. The molecular formula is C22H45N. The van der Waals surface area contributed by atoms with Gasteiger partial charge in [0.15, 0.2) is 0 Å². The minimum Gasteiger partial charge on any atom is -0.330 e. The number of hydrogen-bond donors (Lipinski definition) is 1. The molecule has 1 rings (SSSR count). The standard InChI is InChI=1S/C22H45N/c23-21-20-22-18-16-14-12-10-8-6-4-2-1-3-5-7-9-11-13-15-17-19-22/h22H,1-21,23H2. The molecule has 138 valence electrons. The van der Waals surface area contributed by atoms with Crippen LogP contribution in [0.4, 0.5) is 0 Å². The number of rotatable bonds is 2. The van der Waals surface area contributed by atoms with Crippen LogP contribution in [0.1, 0.15) is 128 Å². The topological polar surface area (TPSA) is 26.0 Å². The summed E-state index contributed by atoms with van der Waals surface area (Å²) in [7, 11) is 0. The van der Waals surface area contributed by atoms with Gasteiger partial charge in [0.2, 0.25) is 0 Å². The van der Waals surface area contributed by atoms with Crippen LogP contribution in [-0.2, 0) is 0 Å². The molecule has 0 radical (unpaired) electrons. The lowest BCUT2D eigenvalue weighted by Gasteiger charge is -2.16. The summed E-state index contributed by atoms with van der Waals surface area (Å²) in [4.78, 5) is 0. The molecule has 0 aromatic carbocycles. The second-order valence-corrected chi connectivity index (χ2v) is 8.03. The summed E-state index contributed by atoms with van der Waals surface area (Å²) in [5.74, 6) is 0.922. The lowest BCUT2D eigenvalue weighted by atomic mass is 9.91. The van der Waals surface area contributed by atoms with E-state index in [1.807, 2.05) is 0 Å². The molecule has 1 aliphatic carbocycles. The van der Waals surface area contributed by atoms with Crippen molar-refractivity contribution >= 4 is 0 Å². The molecule has 0 aliphatic heterocycles. The molecule has 0 spiro atoms. The Hall–Kier alpha value is -0.0400. The molecule has 0 atom stereocenters. The van der Waals surface area contributed by atoms with Crippen LogP contribution >= 0.6 is 0 Å². The molecule has 1 aliphatic rings. The smallest absolute Gasteiger partial charge is 0.00746 e. The van der Waals surface area contributed by atoms with Gasteiger partial charge in [0.25, 0.3) is 0 Å². The van der Waals surface area contributed by atoms with Crippen LogP contribution in [0.3, 0.4) is 0 Å². The molecule has 0 saturated heterocycles. The van der Waals surface area contributed by atoms with Crippen molar-refractivity contribution in [3.8, 4) is 0 Å². The van der Waals surface area contributed by atoms with Gasteiger partial charge in [-0.25, -0.2) is 0 Å². The van der Waals surface area contributed by atoms with Crippen LogP contribution in [0, 0.1) is 5.92 Å². The summed E-state index contributed by atoms with van der Waals surface area (Å²) < 4.78 is 0. The molecule has 0 aromatic rings. The fourth-order valence-corrected chi connectivity index (χ4v) is 4.19. The van der Waals surface area contributed by atoms with Gasteiger partial charge in [-0.05, 0) is 18.9 Å². The molecule has 2 N–H and O–H groups in total. The summed E-state index contributed by atoms with van der Waals surface area (Å²) in [5.41, 5.74) is 5.82. The van der Waals surface area contributed by atoms with Crippen LogP contribution in [0.15, 0.2) is 0 Å². The molecule has 0 heterocycles. The third kappa shape index (κ3) is 14.0. The zero-order chi connectivity index (χ0) is 16.4. The number of nitrogens with two attached hydrogens (primary N) is 1. The second kappa shape index (κ2) is 16.8. The molecule has 1 heteroatoms. The maximum Gasteiger partial charge on any atom is -0.00746 e. The van der Waals surface area contributed by atoms with Crippen molar-refractivity contribution in [1.29, 1.82) is 0 Å². The SMILES string of the molecule is NCCC1CCCCCCCCCCCCCCCCCCC1. The Morgan fingerprint density at radius 3 is 0.957 bits per heavy atom. The molecule has 1 nitrogen and oxygen atoms in total. The van der Waals surface area contributed by atoms with Crippen molar-refractivity contribution in [3.05, 3.63) is 0 Å². The molecule has 1 fully saturated rings. The van der Waals surface area contributed by atoms with E-state index < -0.39 is 0 Å². The zero-order valence-corrected chi connectivity index (χ0v) is 16.0. The Balaban J connectivity index is 2.17. The molecule has 1 saturated carbocycles. The third-order valence-corrected chi connectivity index (χ3v) is 5.80. The van der Waals surface area contributed by atoms with E-state index in [0.29, 0.717) is 0 Å². The highest BCUT2D eigenvalue weighted by Crippen LogP contribution is 2.22. The summed E-state index contributed by atoms with van der Waals surface area (Å²) in [6.07, 6.45) is 29.2. The van der Waals surface area contributed by atoms with E-state index in [1.165, 1.54) is 128 Å². The molecule has 0 bridgehead atoms. The van der Waals surface area contributed by atoms with Crippen LogP contribution in [0.2, 0.25) is 0 Å². The maximum atomic E-state index is 5.82.